The molecule has 2 rings (SSSR count). The van der Waals surface area contributed by atoms with E-state index < -0.39 is 0 Å². The fraction of sp³-hybridized carbons (Fsp3) is 0.667. The lowest BCUT2D eigenvalue weighted by molar-refractivity contribution is 0.337. The van der Waals surface area contributed by atoms with Crippen LogP contribution in [-0.4, -0.2) is 12.6 Å². The van der Waals surface area contributed by atoms with Crippen molar-refractivity contribution in [1.29, 1.82) is 0 Å². The smallest absolute Gasteiger partial charge is 0.0175 e. The maximum absolute atomic E-state index is 3.73. The molecule has 0 saturated heterocycles. The molecule has 1 aromatic rings. The van der Waals surface area contributed by atoms with E-state index in [4.69, 9.17) is 0 Å². The molecule has 112 valence electrons. The topological polar surface area (TPSA) is 12.0 Å². The Balaban J connectivity index is 1.90. The van der Waals surface area contributed by atoms with Gasteiger partial charge in [0.25, 0.3) is 0 Å². The monoisotopic (exact) mass is 337 g/mol. The quantitative estimate of drug-likeness (QED) is 0.654. The molecule has 1 N–H and O–H groups in total. The van der Waals surface area contributed by atoms with Crippen molar-refractivity contribution >= 4 is 15.9 Å². The summed E-state index contributed by atoms with van der Waals surface area (Å²) >= 11 is 3.52. The van der Waals surface area contributed by atoms with E-state index in [1.165, 1.54) is 55.1 Å². The standard InChI is InChI=1S/C18H28BrN/c1-3-14(4-2)11-16(13-20-18-9-10-18)12-15-5-7-17(19)8-6-15/h5-8,14,16,18,20H,3-4,9-13H2,1-2H3. The molecule has 1 nitrogen and oxygen atoms in total. The second kappa shape index (κ2) is 8.19. The second-order valence-electron chi connectivity index (χ2n) is 6.30. The Morgan fingerprint density at radius 2 is 1.75 bits per heavy atom. The summed E-state index contributed by atoms with van der Waals surface area (Å²) in [6, 6.07) is 9.68. The van der Waals surface area contributed by atoms with Crippen molar-refractivity contribution in [2.75, 3.05) is 6.54 Å². The Labute approximate surface area is 132 Å². The lowest BCUT2D eigenvalue weighted by atomic mass is 9.86. The zero-order valence-electron chi connectivity index (χ0n) is 12.9. The van der Waals surface area contributed by atoms with Crippen molar-refractivity contribution in [3.05, 3.63) is 34.3 Å². The molecule has 0 heterocycles. The van der Waals surface area contributed by atoms with Crippen LogP contribution < -0.4 is 5.32 Å². The van der Waals surface area contributed by atoms with Crippen molar-refractivity contribution in [3.63, 3.8) is 0 Å². The van der Waals surface area contributed by atoms with Gasteiger partial charge in [0.15, 0.2) is 0 Å². The van der Waals surface area contributed by atoms with E-state index in [1.807, 2.05) is 0 Å². The molecule has 0 radical (unpaired) electrons. The summed E-state index contributed by atoms with van der Waals surface area (Å²) in [5, 5.41) is 3.73. The minimum absolute atomic E-state index is 0.779. The Morgan fingerprint density at radius 1 is 1.10 bits per heavy atom. The number of hydrogen-bond acceptors (Lipinski definition) is 1. The van der Waals surface area contributed by atoms with Crippen LogP contribution in [0, 0.1) is 11.8 Å². The summed E-state index contributed by atoms with van der Waals surface area (Å²) in [7, 11) is 0. The van der Waals surface area contributed by atoms with E-state index in [1.54, 1.807) is 0 Å². The Bertz CT molecular complexity index is 379. The maximum Gasteiger partial charge on any atom is 0.0175 e. The van der Waals surface area contributed by atoms with Crippen LogP contribution in [0.2, 0.25) is 0 Å². The van der Waals surface area contributed by atoms with Gasteiger partial charge in [0.2, 0.25) is 0 Å². The van der Waals surface area contributed by atoms with Gasteiger partial charge in [0.05, 0.1) is 0 Å². The average molecular weight is 338 g/mol. The lowest BCUT2D eigenvalue weighted by Crippen LogP contribution is -2.27. The Hall–Kier alpha value is -0.340. The molecule has 1 fully saturated rings. The third-order valence-electron chi connectivity index (χ3n) is 4.53. The van der Waals surface area contributed by atoms with Crippen LogP contribution in [0.15, 0.2) is 28.7 Å². The first-order valence-corrected chi connectivity index (χ1v) is 8.98. The number of nitrogens with one attached hydrogen (secondary N) is 1. The van der Waals surface area contributed by atoms with Crippen molar-refractivity contribution in [3.8, 4) is 0 Å². The van der Waals surface area contributed by atoms with Crippen LogP contribution in [0.1, 0.15) is 51.5 Å². The van der Waals surface area contributed by atoms with Gasteiger partial charge in [-0.2, -0.15) is 0 Å². The molecule has 1 aliphatic carbocycles. The zero-order valence-corrected chi connectivity index (χ0v) is 14.5. The fourth-order valence-corrected chi connectivity index (χ4v) is 3.17. The number of hydrogen-bond donors (Lipinski definition) is 1. The third-order valence-corrected chi connectivity index (χ3v) is 5.06. The van der Waals surface area contributed by atoms with Crippen LogP contribution in [0.5, 0.6) is 0 Å². The summed E-state index contributed by atoms with van der Waals surface area (Å²) < 4.78 is 1.17. The van der Waals surface area contributed by atoms with Crippen LogP contribution in [-0.2, 0) is 6.42 Å². The van der Waals surface area contributed by atoms with Crippen molar-refractivity contribution < 1.29 is 0 Å². The minimum Gasteiger partial charge on any atom is -0.314 e. The average Bonchev–Trinajstić information content (AvgIpc) is 3.28. The van der Waals surface area contributed by atoms with Crippen molar-refractivity contribution in [2.24, 2.45) is 11.8 Å². The molecular formula is C18H28BrN. The SMILES string of the molecule is CCC(CC)CC(CNC1CC1)Cc1ccc(Br)cc1. The minimum atomic E-state index is 0.779. The molecule has 1 atom stereocenters. The van der Waals surface area contributed by atoms with Gasteiger partial charge in [-0.1, -0.05) is 54.8 Å². The fourth-order valence-electron chi connectivity index (χ4n) is 2.91. The van der Waals surface area contributed by atoms with E-state index >= 15 is 0 Å². The number of benzene rings is 1. The molecule has 0 amide bonds. The van der Waals surface area contributed by atoms with E-state index in [-0.39, 0.29) is 0 Å². The number of rotatable bonds is 9. The van der Waals surface area contributed by atoms with Gasteiger partial charge in [-0.05, 0) is 61.8 Å². The largest absolute Gasteiger partial charge is 0.314 e. The third kappa shape index (κ3) is 5.57. The van der Waals surface area contributed by atoms with Crippen LogP contribution in [0.3, 0.4) is 0 Å². The van der Waals surface area contributed by atoms with Crippen molar-refractivity contribution in [2.45, 2.75) is 58.4 Å². The van der Waals surface area contributed by atoms with Gasteiger partial charge >= 0.3 is 0 Å². The maximum atomic E-state index is 3.73. The molecule has 1 unspecified atom stereocenters. The molecule has 0 bridgehead atoms. The summed E-state index contributed by atoms with van der Waals surface area (Å²) in [6.45, 7) is 5.86. The molecule has 0 spiro atoms. The van der Waals surface area contributed by atoms with Gasteiger partial charge in [0, 0.05) is 10.5 Å². The van der Waals surface area contributed by atoms with E-state index in [0.29, 0.717) is 0 Å². The first-order valence-electron chi connectivity index (χ1n) is 8.19. The van der Waals surface area contributed by atoms with Crippen molar-refractivity contribution in [1.82, 2.24) is 5.32 Å². The van der Waals surface area contributed by atoms with Gasteiger partial charge in [-0.3, -0.25) is 0 Å². The predicted molar refractivity (Wildman–Crippen MR) is 91.0 cm³/mol. The highest BCUT2D eigenvalue weighted by Gasteiger charge is 2.23. The molecule has 0 aromatic heterocycles. The molecule has 20 heavy (non-hydrogen) atoms. The van der Waals surface area contributed by atoms with E-state index in [0.717, 1.165) is 17.9 Å². The Morgan fingerprint density at radius 3 is 2.30 bits per heavy atom. The first-order chi connectivity index (χ1) is 9.71. The Kier molecular flexibility index (Phi) is 6.57. The van der Waals surface area contributed by atoms with Gasteiger partial charge in [-0.15, -0.1) is 0 Å². The molecule has 1 saturated carbocycles. The molecule has 2 heteroatoms. The van der Waals surface area contributed by atoms with E-state index in [2.05, 4.69) is 59.4 Å². The normalized spacial score (nSPS) is 16.6. The van der Waals surface area contributed by atoms with Gasteiger partial charge in [-0.25, -0.2) is 0 Å². The molecule has 1 aromatic carbocycles. The second-order valence-corrected chi connectivity index (χ2v) is 7.21. The van der Waals surface area contributed by atoms with Gasteiger partial charge < -0.3 is 5.32 Å². The highest BCUT2D eigenvalue weighted by atomic mass is 79.9. The summed E-state index contributed by atoms with van der Waals surface area (Å²) in [6.07, 6.45) is 7.98. The lowest BCUT2D eigenvalue weighted by Gasteiger charge is -2.22. The predicted octanol–water partition coefficient (Wildman–Crippen LogP) is 5.19. The number of halogens is 1. The first kappa shape index (κ1) is 16.0. The van der Waals surface area contributed by atoms with Crippen LogP contribution in [0.4, 0.5) is 0 Å². The zero-order chi connectivity index (χ0) is 14.4. The molecule has 1 aliphatic rings. The van der Waals surface area contributed by atoms with Crippen LogP contribution in [0.25, 0.3) is 0 Å². The molecule has 0 aliphatic heterocycles. The summed E-state index contributed by atoms with van der Waals surface area (Å²) in [5.41, 5.74) is 1.47. The summed E-state index contributed by atoms with van der Waals surface area (Å²) in [4.78, 5) is 0. The highest BCUT2D eigenvalue weighted by molar-refractivity contribution is 9.10. The van der Waals surface area contributed by atoms with Gasteiger partial charge in [0.1, 0.15) is 0 Å². The van der Waals surface area contributed by atoms with E-state index in [9.17, 15) is 0 Å². The van der Waals surface area contributed by atoms with Crippen LogP contribution >= 0.6 is 15.9 Å². The summed E-state index contributed by atoms with van der Waals surface area (Å²) in [5.74, 6) is 1.66. The highest BCUT2D eigenvalue weighted by Crippen LogP contribution is 2.25. The molecular weight excluding hydrogens is 310 g/mol.